The van der Waals surface area contributed by atoms with Crippen molar-refractivity contribution in [3.05, 3.63) is 40.5 Å². The van der Waals surface area contributed by atoms with Crippen LogP contribution in [0.15, 0.2) is 29.8 Å². The first-order valence-electron chi connectivity index (χ1n) is 8.47. The predicted molar refractivity (Wildman–Crippen MR) is 99.7 cm³/mol. The van der Waals surface area contributed by atoms with Crippen molar-refractivity contribution in [3.8, 4) is 0 Å². The number of hydrogen-bond acceptors (Lipinski definition) is 7. The van der Waals surface area contributed by atoms with E-state index in [-0.39, 0.29) is 24.8 Å². The van der Waals surface area contributed by atoms with E-state index in [2.05, 4.69) is 30.6 Å². The van der Waals surface area contributed by atoms with E-state index in [1.807, 2.05) is 30.5 Å². The zero-order valence-electron chi connectivity index (χ0n) is 14.6. The number of amides is 2. The maximum atomic E-state index is 12.0. The number of pyridine rings is 1. The van der Waals surface area contributed by atoms with Crippen LogP contribution in [0.5, 0.6) is 0 Å². The molecule has 0 aliphatic carbocycles. The fraction of sp³-hybridized carbons (Fsp3) is 0.412. The van der Waals surface area contributed by atoms with Crippen molar-refractivity contribution in [2.45, 2.75) is 13.3 Å². The van der Waals surface area contributed by atoms with Gasteiger partial charge in [0.1, 0.15) is 10.8 Å². The number of rotatable bonds is 5. The van der Waals surface area contributed by atoms with Gasteiger partial charge in [-0.2, -0.15) is 0 Å². The molecule has 0 bridgehead atoms. The van der Waals surface area contributed by atoms with Gasteiger partial charge in [0.05, 0.1) is 13.0 Å². The predicted octanol–water partition coefficient (Wildman–Crippen LogP) is 0.359. The lowest BCUT2D eigenvalue weighted by Crippen LogP contribution is -2.52. The smallest absolute Gasteiger partial charge is 0.252 e. The second kappa shape index (κ2) is 8.72. The molecule has 2 N–H and O–H groups in total. The van der Waals surface area contributed by atoms with Gasteiger partial charge in [0, 0.05) is 43.4 Å². The largest absolute Gasteiger partial charge is 0.354 e. The lowest BCUT2D eigenvalue weighted by atomic mass is 10.3. The molecule has 2 aromatic heterocycles. The molecule has 1 aliphatic heterocycles. The number of nitrogens with zero attached hydrogens (tertiary/aromatic N) is 4. The highest BCUT2D eigenvalue weighted by atomic mass is 32.1. The Bertz CT molecular complexity index is 743. The van der Waals surface area contributed by atoms with E-state index in [0.29, 0.717) is 0 Å². The van der Waals surface area contributed by atoms with E-state index in [4.69, 9.17) is 0 Å². The monoisotopic (exact) mass is 374 g/mol. The summed E-state index contributed by atoms with van der Waals surface area (Å²) < 4.78 is 0. The summed E-state index contributed by atoms with van der Waals surface area (Å²) in [5, 5.41) is 2.63. The van der Waals surface area contributed by atoms with Crippen LogP contribution in [-0.2, 0) is 16.0 Å². The summed E-state index contributed by atoms with van der Waals surface area (Å²) in [6.45, 7) is 5.33. The Morgan fingerprint density at radius 2 is 1.92 bits per heavy atom. The third kappa shape index (κ3) is 5.24. The molecule has 1 fully saturated rings. The van der Waals surface area contributed by atoms with Crippen molar-refractivity contribution in [1.29, 1.82) is 0 Å². The third-order valence-electron chi connectivity index (χ3n) is 4.03. The summed E-state index contributed by atoms with van der Waals surface area (Å²) in [5.74, 6) is 0.467. The third-order valence-corrected chi connectivity index (χ3v) is 5.00. The van der Waals surface area contributed by atoms with Crippen molar-refractivity contribution in [2.24, 2.45) is 0 Å². The molecule has 0 aromatic carbocycles. The molecule has 8 nitrogen and oxygen atoms in total. The van der Waals surface area contributed by atoms with Crippen LogP contribution in [0.2, 0.25) is 0 Å². The second-order valence-electron chi connectivity index (χ2n) is 6.11. The quantitative estimate of drug-likeness (QED) is 0.735. The molecule has 0 atom stereocenters. The molecule has 0 spiro atoms. The standard InChI is InChI=1S/C17H22N6O2S/c1-13-12-26-17(19-13)10-15(24)20-21-16(25)11-22-6-8-23(9-7-22)14-4-2-3-5-18-14/h2-5,12H,6-11H2,1H3,(H,20,24)(H,21,25). The number of nitrogens with one attached hydrogen (secondary N) is 2. The molecule has 2 aromatic rings. The first-order valence-corrected chi connectivity index (χ1v) is 9.35. The molecule has 1 saturated heterocycles. The van der Waals surface area contributed by atoms with Crippen molar-refractivity contribution in [1.82, 2.24) is 25.7 Å². The van der Waals surface area contributed by atoms with Crippen LogP contribution in [0.3, 0.4) is 0 Å². The number of carbonyl (C=O) groups excluding carboxylic acids is 2. The molecule has 9 heteroatoms. The highest BCUT2D eigenvalue weighted by molar-refractivity contribution is 7.09. The average Bonchev–Trinajstić information content (AvgIpc) is 3.06. The molecular weight excluding hydrogens is 352 g/mol. The highest BCUT2D eigenvalue weighted by Crippen LogP contribution is 2.12. The van der Waals surface area contributed by atoms with E-state index >= 15 is 0 Å². The SMILES string of the molecule is Cc1csc(CC(=O)NNC(=O)CN2CCN(c3ccccn3)CC2)n1. The Balaban J connectivity index is 1.36. The molecule has 0 saturated carbocycles. The summed E-state index contributed by atoms with van der Waals surface area (Å²) in [6, 6.07) is 5.85. The zero-order valence-corrected chi connectivity index (χ0v) is 15.5. The fourth-order valence-corrected chi connectivity index (χ4v) is 3.49. The highest BCUT2D eigenvalue weighted by Gasteiger charge is 2.20. The van der Waals surface area contributed by atoms with Crippen LogP contribution in [-0.4, -0.2) is 59.4 Å². The number of piperazine rings is 1. The van der Waals surface area contributed by atoms with Crippen LogP contribution in [0, 0.1) is 6.92 Å². The maximum absolute atomic E-state index is 12.0. The van der Waals surface area contributed by atoms with E-state index in [0.717, 1.165) is 42.7 Å². The van der Waals surface area contributed by atoms with Crippen molar-refractivity contribution in [3.63, 3.8) is 0 Å². The number of thiazole rings is 1. The van der Waals surface area contributed by atoms with Gasteiger partial charge in [0.15, 0.2) is 0 Å². The number of hydrazine groups is 1. The summed E-state index contributed by atoms with van der Waals surface area (Å²) in [5.41, 5.74) is 5.81. The van der Waals surface area contributed by atoms with Crippen LogP contribution >= 0.6 is 11.3 Å². The molecule has 0 radical (unpaired) electrons. The number of carbonyl (C=O) groups is 2. The number of aryl methyl sites for hydroxylation is 1. The Labute approximate surface area is 156 Å². The molecule has 3 rings (SSSR count). The van der Waals surface area contributed by atoms with Gasteiger partial charge in [0.25, 0.3) is 5.91 Å². The van der Waals surface area contributed by atoms with Crippen LogP contribution in [0.1, 0.15) is 10.7 Å². The minimum atomic E-state index is -0.271. The van der Waals surface area contributed by atoms with Crippen molar-refractivity contribution in [2.75, 3.05) is 37.6 Å². The van der Waals surface area contributed by atoms with E-state index in [1.54, 1.807) is 6.20 Å². The van der Waals surface area contributed by atoms with E-state index < -0.39 is 0 Å². The molecular formula is C17H22N6O2S. The van der Waals surface area contributed by atoms with Gasteiger partial charge >= 0.3 is 0 Å². The molecule has 138 valence electrons. The second-order valence-corrected chi connectivity index (χ2v) is 7.05. The molecule has 2 amide bonds. The molecule has 0 unspecified atom stereocenters. The van der Waals surface area contributed by atoms with Gasteiger partial charge in [-0.25, -0.2) is 9.97 Å². The Morgan fingerprint density at radius 1 is 1.15 bits per heavy atom. The van der Waals surface area contributed by atoms with E-state index in [9.17, 15) is 9.59 Å². The van der Waals surface area contributed by atoms with Gasteiger partial charge in [-0.15, -0.1) is 11.3 Å². The van der Waals surface area contributed by atoms with E-state index in [1.165, 1.54) is 11.3 Å². The Morgan fingerprint density at radius 3 is 2.58 bits per heavy atom. The summed E-state index contributed by atoms with van der Waals surface area (Å²) >= 11 is 1.44. The Hall–Kier alpha value is -2.52. The summed E-state index contributed by atoms with van der Waals surface area (Å²) in [7, 11) is 0. The minimum Gasteiger partial charge on any atom is -0.354 e. The zero-order chi connectivity index (χ0) is 18.4. The first kappa shape index (κ1) is 18.3. The van der Waals surface area contributed by atoms with Gasteiger partial charge in [-0.1, -0.05) is 6.07 Å². The Kier molecular flexibility index (Phi) is 6.13. The van der Waals surface area contributed by atoms with Crippen molar-refractivity contribution < 1.29 is 9.59 Å². The lowest BCUT2D eigenvalue weighted by molar-refractivity contribution is -0.129. The van der Waals surface area contributed by atoms with Gasteiger partial charge < -0.3 is 4.90 Å². The van der Waals surface area contributed by atoms with Crippen LogP contribution < -0.4 is 15.8 Å². The molecule has 3 heterocycles. The average molecular weight is 374 g/mol. The topological polar surface area (TPSA) is 90.5 Å². The minimum absolute atomic E-state index is 0.168. The van der Waals surface area contributed by atoms with Crippen LogP contribution in [0.25, 0.3) is 0 Å². The lowest BCUT2D eigenvalue weighted by Gasteiger charge is -2.34. The van der Waals surface area contributed by atoms with Gasteiger partial charge in [0.2, 0.25) is 5.91 Å². The summed E-state index contributed by atoms with van der Waals surface area (Å²) in [4.78, 5) is 36.7. The number of hydrogen-bond donors (Lipinski definition) is 2. The first-order chi connectivity index (χ1) is 12.6. The van der Waals surface area contributed by atoms with Crippen LogP contribution in [0.4, 0.5) is 5.82 Å². The van der Waals surface area contributed by atoms with Gasteiger partial charge in [-0.05, 0) is 19.1 Å². The van der Waals surface area contributed by atoms with Crippen molar-refractivity contribution >= 4 is 29.0 Å². The number of anilines is 1. The fourth-order valence-electron chi connectivity index (χ4n) is 2.72. The summed E-state index contributed by atoms with van der Waals surface area (Å²) in [6.07, 6.45) is 1.95. The molecule has 1 aliphatic rings. The molecule has 26 heavy (non-hydrogen) atoms. The number of aromatic nitrogens is 2. The normalized spacial score (nSPS) is 14.9. The maximum Gasteiger partial charge on any atom is 0.252 e. The van der Waals surface area contributed by atoms with Gasteiger partial charge in [-0.3, -0.25) is 25.3 Å².